The zero-order valence-corrected chi connectivity index (χ0v) is 13.2. The van der Waals surface area contributed by atoms with Gasteiger partial charge in [0.15, 0.2) is 0 Å². The van der Waals surface area contributed by atoms with E-state index in [1.807, 2.05) is 6.20 Å². The van der Waals surface area contributed by atoms with E-state index in [1.165, 1.54) is 24.0 Å². The molecule has 106 valence electrons. The molecule has 0 amide bonds. The number of hydrogen-bond acceptors (Lipinski definition) is 3. The Morgan fingerprint density at radius 3 is 2.85 bits per heavy atom. The van der Waals surface area contributed by atoms with E-state index in [1.54, 1.807) is 0 Å². The summed E-state index contributed by atoms with van der Waals surface area (Å²) in [6, 6.07) is 10.6. The Hall–Kier alpha value is -1.13. The molecule has 0 spiro atoms. The minimum Gasteiger partial charge on any atom is -0.370 e. The average molecular weight is 334 g/mol. The van der Waals surface area contributed by atoms with Crippen LogP contribution in [-0.4, -0.2) is 47.9 Å². The maximum absolute atomic E-state index is 4.46. The van der Waals surface area contributed by atoms with Gasteiger partial charge in [0.25, 0.3) is 0 Å². The van der Waals surface area contributed by atoms with Crippen LogP contribution < -0.4 is 4.90 Å². The van der Waals surface area contributed by atoms with Crippen LogP contribution in [0.2, 0.25) is 0 Å². The summed E-state index contributed by atoms with van der Waals surface area (Å²) in [6.45, 7) is 5.71. The van der Waals surface area contributed by atoms with Crippen molar-refractivity contribution in [2.45, 2.75) is 6.42 Å². The van der Waals surface area contributed by atoms with Crippen LogP contribution in [0.3, 0.4) is 0 Å². The second kappa shape index (κ2) is 6.55. The van der Waals surface area contributed by atoms with Crippen molar-refractivity contribution in [3.63, 3.8) is 0 Å². The number of benzene rings is 1. The molecule has 0 N–H and O–H groups in total. The fraction of sp³-hybridized carbons (Fsp3) is 0.438. The largest absolute Gasteiger partial charge is 0.370 e. The number of pyridine rings is 1. The number of fused-ring (bicyclic) bond motifs is 1. The summed E-state index contributed by atoms with van der Waals surface area (Å²) in [6.07, 6.45) is 3.16. The molecule has 0 aliphatic carbocycles. The maximum atomic E-state index is 4.46. The molecule has 0 unspecified atom stereocenters. The molecular formula is C16H20BrN3. The highest BCUT2D eigenvalue weighted by Crippen LogP contribution is 2.25. The van der Waals surface area contributed by atoms with Crippen molar-refractivity contribution in [3.05, 3.63) is 36.5 Å². The molecule has 1 fully saturated rings. The Labute approximate surface area is 128 Å². The molecule has 1 saturated heterocycles. The molecule has 4 heteroatoms. The molecule has 20 heavy (non-hydrogen) atoms. The number of aromatic nitrogens is 1. The van der Waals surface area contributed by atoms with Crippen molar-refractivity contribution in [3.8, 4) is 0 Å². The molecule has 0 bridgehead atoms. The van der Waals surface area contributed by atoms with Gasteiger partial charge in [-0.1, -0.05) is 34.1 Å². The van der Waals surface area contributed by atoms with Crippen LogP contribution in [0.15, 0.2) is 36.5 Å². The van der Waals surface area contributed by atoms with Crippen LogP contribution in [0, 0.1) is 0 Å². The molecule has 0 atom stereocenters. The standard InChI is InChI=1S/C16H20BrN3/c17-7-11-19-9-3-10-20(13-12-19)16-6-8-18-15-5-2-1-4-14(15)16/h1-2,4-6,8H,3,7,9-13H2. The van der Waals surface area contributed by atoms with Crippen LogP contribution in [0.4, 0.5) is 5.69 Å². The van der Waals surface area contributed by atoms with E-state index in [-0.39, 0.29) is 0 Å². The van der Waals surface area contributed by atoms with Gasteiger partial charge in [0.2, 0.25) is 0 Å². The first kappa shape index (κ1) is 13.8. The second-order valence-electron chi connectivity index (χ2n) is 5.22. The number of hydrogen-bond donors (Lipinski definition) is 0. The monoisotopic (exact) mass is 333 g/mol. The van der Waals surface area contributed by atoms with Crippen molar-refractivity contribution in [2.24, 2.45) is 0 Å². The second-order valence-corrected chi connectivity index (χ2v) is 6.01. The number of anilines is 1. The van der Waals surface area contributed by atoms with Crippen LogP contribution >= 0.6 is 15.9 Å². The topological polar surface area (TPSA) is 19.4 Å². The summed E-state index contributed by atoms with van der Waals surface area (Å²) < 4.78 is 0. The Morgan fingerprint density at radius 1 is 1.05 bits per heavy atom. The molecule has 1 aromatic carbocycles. The molecule has 0 saturated carbocycles. The third-order valence-corrected chi connectivity index (χ3v) is 4.31. The molecule has 1 aliphatic heterocycles. The van der Waals surface area contributed by atoms with Gasteiger partial charge in [-0.3, -0.25) is 4.98 Å². The lowest BCUT2D eigenvalue weighted by molar-refractivity contribution is 0.313. The molecule has 3 nitrogen and oxygen atoms in total. The molecule has 1 aromatic heterocycles. The van der Waals surface area contributed by atoms with Crippen LogP contribution in [0.25, 0.3) is 10.9 Å². The van der Waals surface area contributed by atoms with Gasteiger partial charge in [0.1, 0.15) is 0 Å². The molecular weight excluding hydrogens is 314 g/mol. The van der Waals surface area contributed by atoms with Gasteiger partial charge in [-0.15, -0.1) is 0 Å². The highest BCUT2D eigenvalue weighted by molar-refractivity contribution is 9.09. The lowest BCUT2D eigenvalue weighted by Crippen LogP contribution is -2.31. The first-order valence-corrected chi connectivity index (χ1v) is 8.37. The summed E-state index contributed by atoms with van der Waals surface area (Å²) in [5.74, 6) is 0. The predicted octanol–water partition coefficient (Wildman–Crippen LogP) is 3.14. The van der Waals surface area contributed by atoms with Crippen molar-refractivity contribution < 1.29 is 0 Å². The van der Waals surface area contributed by atoms with Gasteiger partial charge >= 0.3 is 0 Å². The third kappa shape index (κ3) is 2.96. The minimum atomic E-state index is 1.06. The van der Waals surface area contributed by atoms with Gasteiger partial charge in [0, 0.05) is 48.8 Å². The van der Waals surface area contributed by atoms with E-state index in [9.17, 15) is 0 Å². The van der Waals surface area contributed by atoms with Crippen LogP contribution in [0.5, 0.6) is 0 Å². The zero-order valence-electron chi connectivity index (χ0n) is 11.6. The normalized spacial score (nSPS) is 17.4. The van der Waals surface area contributed by atoms with Crippen molar-refractivity contribution in [1.82, 2.24) is 9.88 Å². The minimum absolute atomic E-state index is 1.06. The van der Waals surface area contributed by atoms with E-state index in [2.05, 4.69) is 61.0 Å². The van der Waals surface area contributed by atoms with Crippen molar-refractivity contribution in [1.29, 1.82) is 0 Å². The quantitative estimate of drug-likeness (QED) is 0.804. The number of rotatable bonds is 3. The first-order valence-electron chi connectivity index (χ1n) is 7.25. The van der Waals surface area contributed by atoms with Gasteiger partial charge in [-0.05, 0) is 25.1 Å². The first-order chi connectivity index (χ1) is 9.88. The average Bonchev–Trinajstić information content (AvgIpc) is 2.73. The molecule has 3 rings (SSSR count). The predicted molar refractivity (Wildman–Crippen MR) is 88.8 cm³/mol. The zero-order chi connectivity index (χ0) is 13.8. The van der Waals surface area contributed by atoms with Crippen LogP contribution in [0.1, 0.15) is 6.42 Å². The van der Waals surface area contributed by atoms with E-state index in [0.29, 0.717) is 0 Å². The molecule has 1 aliphatic rings. The Bertz CT molecular complexity index is 567. The van der Waals surface area contributed by atoms with E-state index in [0.717, 1.165) is 37.0 Å². The highest BCUT2D eigenvalue weighted by Gasteiger charge is 2.16. The third-order valence-electron chi connectivity index (χ3n) is 3.96. The summed E-state index contributed by atoms with van der Waals surface area (Å²) >= 11 is 3.54. The van der Waals surface area contributed by atoms with Crippen LogP contribution in [-0.2, 0) is 0 Å². The number of nitrogens with zero attached hydrogens (tertiary/aromatic N) is 3. The van der Waals surface area contributed by atoms with Gasteiger partial charge in [-0.25, -0.2) is 0 Å². The van der Waals surface area contributed by atoms with E-state index < -0.39 is 0 Å². The number of halogens is 1. The van der Waals surface area contributed by atoms with E-state index in [4.69, 9.17) is 0 Å². The summed E-state index contributed by atoms with van der Waals surface area (Å²) in [7, 11) is 0. The summed E-state index contributed by atoms with van der Waals surface area (Å²) in [5.41, 5.74) is 2.42. The molecule has 2 heterocycles. The lowest BCUT2D eigenvalue weighted by atomic mass is 10.1. The van der Waals surface area contributed by atoms with Gasteiger partial charge < -0.3 is 9.80 Å². The lowest BCUT2D eigenvalue weighted by Gasteiger charge is -2.24. The SMILES string of the molecule is BrCCN1CCCN(c2ccnc3ccccc23)CC1. The Morgan fingerprint density at radius 2 is 1.95 bits per heavy atom. The summed E-state index contributed by atoms with van der Waals surface area (Å²) in [4.78, 5) is 9.51. The maximum Gasteiger partial charge on any atom is 0.0722 e. The van der Waals surface area contributed by atoms with Crippen molar-refractivity contribution >= 4 is 32.5 Å². The Balaban J connectivity index is 1.84. The highest BCUT2D eigenvalue weighted by atomic mass is 79.9. The fourth-order valence-electron chi connectivity index (χ4n) is 2.91. The van der Waals surface area contributed by atoms with Gasteiger partial charge in [0.05, 0.1) is 5.52 Å². The van der Waals surface area contributed by atoms with E-state index >= 15 is 0 Å². The van der Waals surface area contributed by atoms with Crippen molar-refractivity contribution in [2.75, 3.05) is 43.0 Å². The number of alkyl halides is 1. The van der Waals surface area contributed by atoms with Gasteiger partial charge in [-0.2, -0.15) is 0 Å². The smallest absolute Gasteiger partial charge is 0.0722 e. The summed E-state index contributed by atoms with van der Waals surface area (Å²) in [5, 5.41) is 2.33. The molecule has 0 radical (unpaired) electrons. The number of para-hydroxylation sites is 1. The molecule has 2 aromatic rings. The Kier molecular flexibility index (Phi) is 4.53. The fourth-order valence-corrected chi connectivity index (χ4v) is 3.41.